The molecule has 0 saturated heterocycles. The Morgan fingerprint density at radius 1 is 0.952 bits per heavy atom. The van der Waals surface area contributed by atoms with Crippen LogP contribution in [0.25, 0.3) is 0 Å². The van der Waals surface area contributed by atoms with Gasteiger partial charge in [-0.3, -0.25) is 0 Å². The quantitative estimate of drug-likeness (QED) is 0.843. The number of benzene rings is 2. The molecule has 0 aromatic heterocycles. The molecule has 0 saturated carbocycles. The minimum atomic E-state index is 0.353. The predicted octanol–water partition coefficient (Wildman–Crippen LogP) is 3.60. The third-order valence-electron chi connectivity index (χ3n) is 3.61. The van der Waals surface area contributed by atoms with E-state index in [1.54, 1.807) is 14.2 Å². The third kappa shape index (κ3) is 4.23. The molecule has 2 aromatic rings. The fraction of sp³-hybridized carbons (Fsp3) is 0.333. The average Bonchev–Trinajstić information content (AvgIpc) is 2.55. The van der Waals surface area contributed by atoms with E-state index in [0.717, 1.165) is 24.5 Å². The Labute approximate surface area is 126 Å². The maximum absolute atomic E-state index is 5.33. The van der Waals surface area contributed by atoms with Crippen molar-refractivity contribution in [2.75, 3.05) is 20.8 Å². The highest BCUT2D eigenvalue weighted by molar-refractivity contribution is 5.42. The van der Waals surface area contributed by atoms with Gasteiger partial charge in [0.25, 0.3) is 0 Å². The maximum Gasteiger partial charge on any atom is 0.160 e. The Morgan fingerprint density at radius 2 is 1.67 bits per heavy atom. The summed E-state index contributed by atoms with van der Waals surface area (Å²) < 4.78 is 10.6. The van der Waals surface area contributed by atoms with E-state index in [1.807, 2.05) is 18.2 Å². The molecule has 21 heavy (non-hydrogen) atoms. The fourth-order valence-electron chi connectivity index (χ4n) is 2.33. The summed E-state index contributed by atoms with van der Waals surface area (Å²) in [5, 5.41) is 3.54. The van der Waals surface area contributed by atoms with Crippen LogP contribution in [0, 0.1) is 0 Å². The van der Waals surface area contributed by atoms with Gasteiger partial charge in [0.05, 0.1) is 14.2 Å². The van der Waals surface area contributed by atoms with E-state index < -0.39 is 0 Å². The van der Waals surface area contributed by atoms with Crippen LogP contribution in [0.15, 0.2) is 48.5 Å². The highest BCUT2D eigenvalue weighted by atomic mass is 16.5. The molecule has 0 radical (unpaired) electrons. The highest BCUT2D eigenvalue weighted by Crippen LogP contribution is 2.27. The van der Waals surface area contributed by atoms with Crippen molar-refractivity contribution in [2.24, 2.45) is 0 Å². The molecule has 3 nitrogen and oxygen atoms in total. The molecular formula is C18H23NO2. The zero-order valence-corrected chi connectivity index (χ0v) is 12.9. The minimum Gasteiger partial charge on any atom is -0.493 e. The molecule has 0 amide bonds. The average molecular weight is 285 g/mol. The minimum absolute atomic E-state index is 0.353. The van der Waals surface area contributed by atoms with Crippen LogP contribution < -0.4 is 14.8 Å². The van der Waals surface area contributed by atoms with E-state index in [1.165, 1.54) is 11.1 Å². The Morgan fingerprint density at radius 3 is 2.33 bits per heavy atom. The lowest BCUT2D eigenvalue weighted by Gasteiger charge is -2.14. The molecule has 112 valence electrons. The smallest absolute Gasteiger partial charge is 0.160 e. The standard InChI is InChI=1S/C18H23NO2/c1-14(16-7-5-4-6-8-16)19-12-11-15-9-10-17(20-2)18(13-15)21-3/h4-10,13-14,19H,11-12H2,1-3H3/t14-/m1/s1. The summed E-state index contributed by atoms with van der Waals surface area (Å²) in [6, 6.07) is 16.9. The Bertz CT molecular complexity index is 554. The molecule has 0 spiro atoms. The second-order valence-corrected chi connectivity index (χ2v) is 5.03. The largest absolute Gasteiger partial charge is 0.493 e. The highest BCUT2D eigenvalue weighted by Gasteiger charge is 2.06. The van der Waals surface area contributed by atoms with Gasteiger partial charge < -0.3 is 14.8 Å². The van der Waals surface area contributed by atoms with Crippen LogP contribution in [0.5, 0.6) is 11.5 Å². The van der Waals surface area contributed by atoms with Gasteiger partial charge in [0, 0.05) is 6.04 Å². The summed E-state index contributed by atoms with van der Waals surface area (Å²) in [5.41, 5.74) is 2.55. The number of hydrogen-bond acceptors (Lipinski definition) is 3. The van der Waals surface area contributed by atoms with Crippen molar-refractivity contribution in [2.45, 2.75) is 19.4 Å². The molecule has 1 N–H and O–H groups in total. The summed E-state index contributed by atoms with van der Waals surface area (Å²) in [6.45, 7) is 3.11. The number of methoxy groups -OCH3 is 2. The summed E-state index contributed by atoms with van der Waals surface area (Å²) in [7, 11) is 3.32. The lowest BCUT2D eigenvalue weighted by Crippen LogP contribution is -2.21. The lowest BCUT2D eigenvalue weighted by atomic mass is 10.1. The van der Waals surface area contributed by atoms with Crippen molar-refractivity contribution in [3.05, 3.63) is 59.7 Å². The van der Waals surface area contributed by atoms with Gasteiger partial charge in [-0.2, -0.15) is 0 Å². The Hall–Kier alpha value is -2.00. The number of rotatable bonds is 7. The van der Waals surface area contributed by atoms with Crippen LogP contribution in [-0.2, 0) is 6.42 Å². The first-order chi connectivity index (χ1) is 10.2. The first-order valence-corrected chi connectivity index (χ1v) is 7.24. The molecule has 0 aliphatic heterocycles. The molecule has 2 aromatic carbocycles. The Kier molecular flexibility index (Phi) is 5.64. The molecule has 0 heterocycles. The van der Waals surface area contributed by atoms with Crippen LogP contribution in [0.4, 0.5) is 0 Å². The van der Waals surface area contributed by atoms with Crippen molar-refractivity contribution in [3.63, 3.8) is 0 Å². The van der Waals surface area contributed by atoms with Crippen molar-refractivity contribution in [1.82, 2.24) is 5.32 Å². The van der Waals surface area contributed by atoms with Crippen LogP contribution in [0.3, 0.4) is 0 Å². The van der Waals surface area contributed by atoms with E-state index >= 15 is 0 Å². The van der Waals surface area contributed by atoms with Gasteiger partial charge in [0.15, 0.2) is 11.5 Å². The molecule has 2 rings (SSSR count). The van der Waals surface area contributed by atoms with Crippen LogP contribution in [0.1, 0.15) is 24.1 Å². The summed E-state index contributed by atoms with van der Waals surface area (Å²) >= 11 is 0. The third-order valence-corrected chi connectivity index (χ3v) is 3.61. The normalized spacial score (nSPS) is 12.0. The zero-order valence-electron chi connectivity index (χ0n) is 12.9. The number of hydrogen-bond donors (Lipinski definition) is 1. The van der Waals surface area contributed by atoms with Crippen molar-refractivity contribution < 1.29 is 9.47 Å². The second-order valence-electron chi connectivity index (χ2n) is 5.03. The van der Waals surface area contributed by atoms with E-state index in [-0.39, 0.29) is 0 Å². The molecule has 1 atom stereocenters. The van der Waals surface area contributed by atoms with Crippen LogP contribution in [-0.4, -0.2) is 20.8 Å². The van der Waals surface area contributed by atoms with Crippen molar-refractivity contribution >= 4 is 0 Å². The molecular weight excluding hydrogens is 262 g/mol. The molecule has 0 bridgehead atoms. The van der Waals surface area contributed by atoms with E-state index in [9.17, 15) is 0 Å². The first-order valence-electron chi connectivity index (χ1n) is 7.24. The van der Waals surface area contributed by atoms with Gasteiger partial charge in [-0.1, -0.05) is 36.4 Å². The molecule has 0 fully saturated rings. The summed E-state index contributed by atoms with van der Waals surface area (Å²) in [4.78, 5) is 0. The van der Waals surface area contributed by atoms with Crippen molar-refractivity contribution in [3.8, 4) is 11.5 Å². The second kappa shape index (κ2) is 7.70. The van der Waals surface area contributed by atoms with Crippen LogP contribution >= 0.6 is 0 Å². The van der Waals surface area contributed by atoms with Gasteiger partial charge in [-0.25, -0.2) is 0 Å². The molecule has 0 aliphatic carbocycles. The molecule has 0 aliphatic rings. The molecule has 0 unspecified atom stereocenters. The summed E-state index contributed by atoms with van der Waals surface area (Å²) in [5.74, 6) is 1.55. The number of nitrogens with one attached hydrogen (secondary N) is 1. The monoisotopic (exact) mass is 285 g/mol. The predicted molar refractivity (Wildman–Crippen MR) is 86.1 cm³/mol. The maximum atomic E-state index is 5.33. The SMILES string of the molecule is COc1ccc(CCN[C@H](C)c2ccccc2)cc1OC. The van der Waals surface area contributed by atoms with Crippen molar-refractivity contribution in [1.29, 1.82) is 0 Å². The van der Waals surface area contributed by atoms with Gasteiger partial charge >= 0.3 is 0 Å². The van der Waals surface area contributed by atoms with E-state index in [4.69, 9.17) is 9.47 Å². The summed E-state index contributed by atoms with van der Waals surface area (Å²) in [6.07, 6.45) is 0.956. The zero-order chi connectivity index (χ0) is 15.1. The van der Waals surface area contributed by atoms with Gasteiger partial charge in [-0.05, 0) is 43.1 Å². The number of ether oxygens (including phenoxy) is 2. The Balaban J connectivity index is 1.89. The van der Waals surface area contributed by atoms with Gasteiger partial charge in [0.1, 0.15) is 0 Å². The van der Waals surface area contributed by atoms with Crippen LogP contribution in [0.2, 0.25) is 0 Å². The molecule has 3 heteroatoms. The van der Waals surface area contributed by atoms with E-state index in [2.05, 4.69) is 42.6 Å². The lowest BCUT2D eigenvalue weighted by molar-refractivity contribution is 0.354. The van der Waals surface area contributed by atoms with E-state index in [0.29, 0.717) is 6.04 Å². The van der Waals surface area contributed by atoms with Gasteiger partial charge in [0.2, 0.25) is 0 Å². The topological polar surface area (TPSA) is 30.5 Å². The van der Waals surface area contributed by atoms with Gasteiger partial charge in [-0.15, -0.1) is 0 Å². The fourth-order valence-corrected chi connectivity index (χ4v) is 2.33. The first kappa shape index (κ1) is 15.4.